The van der Waals surface area contributed by atoms with Crippen LogP contribution in [0.5, 0.6) is 5.75 Å². The number of halogens is 3. The minimum absolute atomic E-state index is 0.130. The molecule has 0 radical (unpaired) electrons. The number of benzene rings is 1. The number of fused-ring (bicyclic) bond motifs is 1. The second-order valence-electron chi connectivity index (χ2n) is 7.06. The third-order valence-electron chi connectivity index (χ3n) is 4.68. The fraction of sp³-hybridized carbons (Fsp3) is 0.421. The van der Waals surface area contributed by atoms with Crippen LogP contribution in [0.15, 0.2) is 24.4 Å². The largest absolute Gasteiger partial charge is 0.573 e. The zero-order valence-corrected chi connectivity index (χ0v) is 17.1. The third-order valence-corrected chi connectivity index (χ3v) is 5.72. The molecule has 7 nitrogen and oxygen atoms in total. The topological polar surface area (TPSA) is 69.5 Å². The molecule has 0 N–H and O–H groups in total. The van der Waals surface area contributed by atoms with E-state index in [2.05, 4.69) is 14.8 Å². The van der Waals surface area contributed by atoms with Crippen molar-refractivity contribution in [1.29, 1.82) is 0 Å². The minimum Gasteiger partial charge on any atom is -0.406 e. The highest BCUT2D eigenvalue weighted by Crippen LogP contribution is 2.34. The number of carbonyl (C=O) groups excluding carboxylic acids is 1. The monoisotopic (exact) mass is 440 g/mol. The van der Waals surface area contributed by atoms with E-state index in [-0.39, 0.29) is 17.8 Å². The first-order chi connectivity index (χ1) is 14.2. The fourth-order valence-corrected chi connectivity index (χ4v) is 4.39. The Labute approximate surface area is 174 Å². The van der Waals surface area contributed by atoms with Crippen LogP contribution in [0.1, 0.15) is 28.9 Å². The van der Waals surface area contributed by atoms with E-state index in [1.165, 1.54) is 23.1 Å². The van der Waals surface area contributed by atoms with Gasteiger partial charge in [-0.05, 0) is 31.9 Å². The zero-order chi connectivity index (χ0) is 21.5. The van der Waals surface area contributed by atoms with E-state index in [1.807, 2.05) is 0 Å². The van der Waals surface area contributed by atoms with Crippen LogP contribution in [-0.2, 0) is 11.8 Å². The zero-order valence-electron chi connectivity index (χ0n) is 16.3. The summed E-state index contributed by atoms with van der Waals surface area (Å²) in [5, 5.41) is 4.63. The maximum absolute atomic E-state index is 13.3. The van der Waals surface area contributed by atoms with Crippen LogP contribution in [0, 0.1) is 6.92 Å². The molecule has 3 aromatic rings. The highest BCUT2D eigenvalue weighted by molar-refractivity contribution is 7.22. The van der Waals surface area contributed by atoms with Gasteiger partial charge in [0.15, 0.2) is 10.8 Å². The lowest BCUT2D eigenvalue weighted by molar-refractivity contribution is -0.274. The summed E-state index contributed by atoms with van der Waals surface area (Å²) in [5.41, 5.74) is 1.50. The number of hydrogen-bond donors (Lipinski definition) is 0. The summed E-state index contributed by atoms with van der Waals surface area (Å²) >= 11 is 1.12. The van der Waals surface area contributed by atoms with E-state index in [0.29, 0.717) is 34.2 Å². The third kappa shape index (κ3) is 4.41. The Morgan fingerprint density at radius 1 is 1.43 bits per heavy atom. The summed E-state index contributed by atoms with van der Waals surface area (Å²) in [6.07, 6.45) is -1.43. The van der Waals surface area contributed by atoms with Crippen LogP contribution in [0.2, 0.25) is 0 Å². The molecule has 4 rings (SSSR count). The number of rotatable bonds is 5. The van der Waals surface area contributed by atoms with Crippen molar-refractivity contribution in [3.63, 3.8) is 0 Å². The van der Waals surface area contributed by atoms with Crippen LogP contribution in [-0.4, -0.2) is 46.3 Å². The second-order valence-corrected chi connectivity index (χ2v) is 8.07. The summed E-state index contributed by atoms with van der Waals surface area (Å²) in [6, 6.07) is 3.91. The smallest absolute Gasteiger partial charge is 0.406 e. The predicted octanol–water partition coefficient (Wildman–Crippen LogP) is 4.06. The van der Waals surface area contributed by atoms with E-state index in [1.54, 1.807) is 24.9 Å². The molecule has 11 heteroatoms. The van der Waals surface area contributed by atoms with Crippen molar-refractivity contribution < 1.29 is 27.4 Å². The van der Waals surface area contributed by atoms with Gasteiger partial charge in [-0.3, -0.25) is 14.4 Å². The summed E-state index contributed by atoms with van der Waals surface area (Å²) in [6.45, 7) is 2.72. The number of alkyl halides is 3. The lowest BCUT2D eigenvalue weighted by Crippen LogP contribution is -2.38. The molecular weight excluding hydrogens is 421 g/mol. The number of nitrogens with zero attached hydrogens (tertiary/aromatic N) is 4. The van der Waals surface area contributed by atoms with Crippen molar-refractivity contribution in [1.82, 2.24) is 14.8 Å². The van der Waals surface area contributed by atoms with Gasteiger partial charge in [-0.2, -0.15) is 5.10 Å². The number of amides is 1. The summed E-state index contributed by atoms with van der Waals surface area (Å²) in [4.78, 5) is 19.3. The van der Waals surface area contributed by atoms with Gasteiger partial charge in [-0.1, -0.05) is 11.3 Å². The van der Waals surface area contributed by atoms with Crippen molar-refractivity contribution in [2.45, 2.75) is 32.2 Å². The standard InChI is InChI=1S/C19H19F3N4O3S/c1-11-9-25(2)24-16(11)17(27)26(10-13-4-3-7-28-13)18-23-14-6-5-12(8-15(14)30-18)29-19(20,21)22/h5-6,8-9,13H,3-4,7,10H2,1-2H3. The fourth-order valence-electron chi connectivity index (χ4n) is 3.39. The Bertz CT molecular complexity index is 1070. The van der Waals surface area contributed by atoms with Crippen molar-refractivity contribution in [2.75, 3.05) is 18.1 Å². The number of aryl methyl sites for hydroxylation is 2. The first kappa shape index (κ1) is 20.6. The Morgan fingerprint density at radius 2 is 2.23 bits per heavy atom. The normalized spacial score (nSPS) is 16.9. The van der Waals surface area contributed by atoms with Gasteiger partial charge in [0.05, 0.1) is 22.9 Å². The molecular formula is C19H19F3N4O3S. The molecule has 30 heavy (non-hydrogen) atoms. The van der Waals surface area contributed by atoms with Gasteiger partial charge in [0, 0.05) is 31.5 Å². The average Bonchev–Trinajstić information content (AvgIpc) is 3.37. The summed E-state index contributed by atoms with van der Waals surface area (Å²) < 4.78 is 49.3. The first-order valence-electron chi connectivity index (χ1n) is 9.29. The van der Waals surface area contributed by atoms with Crippen LogP contribution < -0.4 is 9.64 Å². The van der Waals surface area contributed by atoms with E-state index < -0.39 is 6.36 Å². The molecule has 0 spiro atoms. The first-order valence-corrected chi connectivity index (χ1v) is 10.1. The van der Waals surface area contributed by atoms with E-state index in [0.717, 1.165) is 29.7 Å². The number of carbonyl (C=O) groups is 1. The molecule has 1 amide bonds. The predicted molar refractivity (Wildman–Crippen MR) is 105 cm³/mol. The molecule has 1 unspecified atom stereocenters. The maximum Gasteiger partial charge on any atom is 0.573 e. The number of anilines is 1. The van der Waals surface area contributed by atoms with Gasteiger partial charge in [-0.25, -0.2) is 4.98 Å². The highest BCUT2D eigenvalue weighted by Gasteiger charge is 2.32. The molecule has 1 aliphatic heterocycles. The van der Waals surface area contributed by atoms with Crippen LogP contribution >= 0.6 is 11.3 Å². The van der Waals surface area contributed by atoms with Gasteiger partial charge in [0.2, 0.25) is 0 Å². The molecule has 1 fully saturated rings. The van der Waals surface area contributed by atoms with E-state index in [9.17, 15) is 18.0 Å². The van der Waals surface area contributed by atoms with Crippen molar-refractivity contribution in [2.24, 2.45) is 7.05 Å². The van der Waals surface area contributed by atoms with Gasteiger partial charge < -0.3 is 9.47 Å². The molecule has 1 atom stereocenters. The lowest BCUT2D eigenvalue weighted by Gasteiger charge is -2.22. The van der Waals surface area contributed by atoms with Crippen LogP contribution in [0.4, 0.5) is 18.3 Å². The number of thiazole rings is 1. The molecule has 160 valence electrons. The lowest BCUT2D eigenvalue weighted by atomic mass is 10.2. The number of hydrogen-bond acceptors (Lipinski definition) is 6. The van der Waals surface area contributed by atoms with E-state index >= 15 is 0 Å². The van der Waals surface area contributed by atoms with Crippen molar-refractivity contribution in [3.05, 3.63) is 35.7 Å². The molecule has 0 saturated carbocycles. The number of ether oxygens (including phenoxy) is 2. The van der Waals surface area contributed by atoms with Gasteiger partial charge in [0.25, 0.3) is 5.91 Å². The molecule has 1 aromatic carbocycles. The minimum atomic E-state index is -4.78. The number of aromatic nitrogens is 3. The van der Waals surface area contributed by atoms with Crippen LogP contribution in [0.3, 0.4) is 0 Å². The molecule has 1 aliphatic rings. The maximum atomic E-state index is 13.3. The van der Waals surface area contributed by atoms with Gasteiger partial charge >= 0.3 is 6.36 Å². The molecule has 2 aromatic heterocycles. The Kier molecular flexibility index (Phi) is 5.41. The van der Waals surface area contributed by atoms with Gasteiger partial charge in [0.1, 0.15) is 5.75 Å². The Balaban J connectivity index is 1.69. The second kappa shape index (κ2) is 7.88. The molecule has 1 saturated heterocycles. The molecule has 0 bridgehead atoms. The van der Waals surface area contributed by atoms with E-state index in [4.69, 9.17) is 4.74 Å². The van der Waals surface area contributed by atoms with Crippen molar-refractivity contribution in [3.8, 4) is 5.75 Å². The SMILES string of the molecule is Cc1cn(C)nc1C(=O)N(CC1CCCO1)c1nc2ccc(OC(F)(F)F)cc2s1. The van der Waals surface area contributed by atoms with Crippen molar-refractivity contribution >= 4 is 32.6 Å². The molecule has 0 aliphatic carbocycles. The Hall–Kier alpha value is -2.66. The highest BCUT2D eigenvalue weighted by atomic mass is 32.1. The van der Waals surface area contributed by atoms with Gasteiger partial charge in [-0.15, -0.1) is 13.2 Å². The quantitative estimate of drug-likeness (QED) is 0.599. The average molecular weight is 440 g/mol. The summed E-state index contributed by atoms with van der Waals surface area (Å²) in [5.74, 6) is -0.655. The Morgan fingerprint density at radius 3 is 2.87 bits per heavy atom. The summed E-state index contributed by atoms with van der Waals surface area (Å²) in [7, 11) is 1.73. The van der Waals surface area contributed by atoms with Crippen LogP contribution in [0.25, 0.3) is 10.2 Å². The molecule has 3 heterocycles.